The third-order valence-electron chi connectivity index (χ3n) is 1.82. The molecule has 0 unspecified atom stereocenters. The number of anilines is 1. The van der Waals surface area contributed by atoms with Crippen LogP contribution in [0.1, 0.15) is 5.56 Å². The number of halogens is 2. The first-order valence-electron chi connectivity index (χ1n) is 4.28. The first-order valence-corrected chi connectivity index (χ1v) is 5.07. The highest BCUT2D eigenvalue weighted by molar-refractivity contribution is 9.10. The Kier molecular flexibility index (Phi) is 2.96. The van der Waals surface area contributed by atoms with Gasteiger partial charge in [0.2, 0.25) is 0 Å². The average molecular weight is 271 g/mol. The van der Waals surface area contributed by atoms with E-state index in [0.717, 1.165) is 5.56 Å². The second kappa shape index (κ2) is 4.39. The van der Waals surface area contributed by atoms with Crippen LogP contribution < -0.4 is 5.32 Å². The fourth-order valence-corrected chi connectivity index (χ4v) is 1.41. The van der Waals surface area contributed by atoms with Gasteiger partial charge in [0.1, 0.15) is 0 Å². The summed E-state index contributed by atoms with van der Waals surface area (Å²) in [5.41, 5.74) is 0.944. The van der Waals surface area contributed by atoms with Crippen LogP contribution in [0.3, 0.4) is 0 Å². The number of nitrogens with one attached hydrogen (secondary N) is 2. The van der Waals surface area contributed by atoms with E-state index in [1.807, 2.05) is 0 Å². The maximum atomic E-state index is 13.3. The minimum absolute atomic E-state index is 0.236. The molecule has 2 aromatic heterocycles. The second-order valence-corrected chi connectivity index (χ2v) is 3.86. The summed E-state index contributed by atoms with van der Waals surface area (Å²) in [5.74, 6) is -0.146. The summed E-state index contributed by atoms with van der Waals surface area (Å²) < 4.78 is 13.9. The van der Waals surface area contributed by atoms with E-state index in [9.17, 15) is 4.39 Å². The zero-order chi connectivity index (χ0) is 10.7. The molecule has 2 rings (SSSR count). The van der Waals surface area contributed by atoms with E-state index in [4.69, 9.17) is 0 Å². The smallest absolute Gasteiger partial charge is 0.166 e. The molecular weight excluding hydrogens is 263 g/mol. The van der Waals surface area contributed by atoms with Gasteiger partial charge in [0.25, 0.3) is 0 Å². The van der Waals surface area contributed by atoms with Crippen molar-refractivity contribution in [1.82, 2.24) is 15.2 Å². The van der Waals surface area contributed by atoms with Crippen molar-refractivity contribution >= 4 is 21.7 Å². The van der Waals surface area contributed by atoms with Crippen molar-refractivity contribution in [2.45, 2.75) is 6.54 Å². The SMILES string of the molecule is Fc1cc(Br)cnc1NCc1cn[nH]c1. The summed E-state index contributed by atoms with van der Waals surface area (Å²) in [5, 5.41) is 9.34. The van der Waals surface area contributed by atoms with Crippen LogP contribution in [0.4, 0.5) is 10.2 Å². The average Bonchev–Trinajstić information content (AvgIpc) is 2.69. The minimum atomic E-state index is -0.382. The molecule has 0 saturated heterocycles. The van der Waals surface area contributed by atoms with Gasteiger partial charge in [-0.05, 0) is 22.0 Å². The van der Waals surface area contributed by atoms with Crippen LogP contribution in [-0.4, -0.2) is 15.2 Å². The standard InChI is InChI=1S/C9H8BrFN4/c10-7-1-8(11)9(13-5-7)12-2-6-3-14-15-4-6/h1,3-5H,2H2,(H,12,13)(H,14,15). The van der Waals surface area contributed by atoms with Crippen LogP contribution in [0.2, 0.25) is 0 Å². The highest BCUT2D eigenvalue weighted by Crippen LogP contribution is 2.16. The lowest BCUT2D eigenvalue weighted by Crippen LogP contribution is -2.02. The van der Waals surface area contributed by atoms with E-state index in [1.165, 1.54) is 6.07 Å². The Hall–Kier alpha value is -1.43. The Labute approximate surface area is 94.1 Å². The zero-order valence-electron chi connectivity index (χ0n) is 7.67. The Morgan fingerprint density at radius 3 is 3.00 bits per heavy atom. The van der Waals surface area contributed by atoms with Gasteiger partial charge in [-0.15, -0.1) is 0 Å². The van der Waals surface area contributed by atoms with Crippen LogP contribution in [-0.2, 0) is 6.54 Å². The van der Waals surface area contributed by atoms with Crippen LogP contribution >= 0.6 is 15.9 Å². The number of rotatable bonds is 3. The molecular formula is C9H8BrFN4. The molecule has 0 fully saturated rings. The number of aromatic nitrogens is 3. The molecule has 0 amide bonds. The fraction of sp³-hybridized carbons (Fsp3) is 0.111. The summed E-state index contributed by atoms with van der Waals surface area (Å²) in [4.78, 5) is 3.91. The Bertz CT molecular complexity index is 443. The number of pyridine rings is 1. The quantitative estimate of drug-likeness (QED) is 0.900. The second-order valence-electron chi connectivity index (χ2n) is 2.94. The molecule has 2 N–H and O–H groups in total. The number of aromatic amines is 1. The monoisotopic (exact) mass is 270 g/mol. The normalized spacial score (nSPS) is 10.3. The molecule has 0 aliphatic carbocycles. The first kappa shape index (κ1) is 10.1. The highest BCUT2D eigenvalue weighted by Gasteiger charge is 2.03. The zero-order valence-corrected chi connectivity index (χ0v) is 9.25. The van der Waals surface area contributed by atoms with Crippen molar-refractivity contribution in [1.29, 1.82) is 0 Å². The molecule has 0 aromatic carbocycles. The predicted octanol–water partition coefficient (Wildman–Crippen LogP) is 2.32. The minimum Gasteiger partial charge on any atom is -0.363 e. The van der Waals surface area contributed by atoms with E-state index in [-0.39, 0.29) is 11.6 Å². The van der Waals surface area contributed by atoms with Crippen LogP contribution in [0.25, 0.3) is 0 Å². The molecule has 0 aliphatic rings. The first-order chi connectivity index (χ1) is 7.25. The van der Waals surface area contributed by atoms with E-state index in [1.54, 1.807) is 18.6 Å². The van der Waals surface area contributed by atoms with Crippen molar-refractivity contribution in [2.75, 3.05) is 5.32 Å². The molecule has 0 radical (unpaired) electrons. The van der Waals surface area contributed by atoms with Gasteiger partial charge in [-0.3, -0.25) is 5.10 Å². The lowest BCUT2D eigenvalue weighted by molar-refractivity contribution is 0.623. The van der Waals surface area contributed by atoms with Gasteiger partial charge in [0, 0.05) is 29.0 Å². The molecule has 2 aromatic rings. The van der Waals surface area contributed by atoms with Crippen molar-refractivity contribution in [2.24, 2.45) is 0 Å². The molecule has 0 bridgehead atoms. The molecule has 0 atom stereocenters. The predicted molar refractivity (Wildman–Crippen MR) is 57.8 cm³/mol. The lowest BCUT2D eigenvalue weighted by atomic mass is 10.3. The van der Waals surface area contributed by atoms with Crippen LogP contribution in [0.15, 0.2) is 29.1 Å². The van der Waals surface area contributed by atoms with E-state index in [0.29, 0.717) is 11.0 Å². The van der Waals surface area contributed by atoms with Crippen LogP contribution in [0, 0.1) is 5.82 Å². The molecule has 4 nitrogen and oxygen atoms in total. The van der Waals surface area contributed by atoms with Gasteiger partial charge < -0.3 is 5.32 Å². The summed E-state index contributed by atoms with van der Waals surface area (Å²) in [7, 11) is 0. The largest absolute Gasteiger partial charge is 0.363 e. The van der Waals surface area contributed by atoms with E-state index >= 15 is 0 Å². The third kappa shape index (κ3) is 2.53. The number of hydrogen-bond donors (Lipinski definition) is 2. The van der Waals surface area contributed by atoms with Gasteiger partial charge in [0.15, 0.2) is 11.6 Å². The molecule has 0 aliphatic heterocycles. The Morgan fingerprint density at radius 2 is 2.33 bits per heavy atom. The van der Waals surface area contributed by atoms with Gasteiger partial charge in [-0.2, -0.15) is 5.10 Å². The molecule has 0 spiro atoms. The van der Waals surface area contributed by atoms with Gasteiger partial charge >= 0.3 is 0 Å². The molecule has 15 heavy (non-hydrogen) atoms. The molecule has 0 saturated carbocycles. The van der Waals surface area contributed by atoms with Crippen LogP contribution in [0.5, 0.6) is 0 Å². The van der Waals surface area contributed by atoms with E-state index in [2.05, 4.69) is 36.4 Å². The van der Waals surface area contributed by atoms with Crippen molar-refractivity contribution in [3.63, 3.8) is 0 Å². The summed E-state index contributed by atoms with van der Waals surface area (Å²) in [6.07, 6.45) is 4.95. The topological polar surface area (TPSA) is 53.6 Å². The molecule has 78 valence electrons. The maximum absolute atomic E-state index is 13.3. The molecule has 6 heteroatoms. The highest BCUT2D eigenvalue weighted by atomic mass is 79.9. The fourth-order valence-electron chi connectivity index (χ4n) is 1.10. The van der Waals surface area contributed by atoms with E-state index < -0.39 is 0 Å². The summed E-state index contributed by atoms with van der Waals surface area (Å²) in [6.45, 7) is 0.488. The summed E-state index contributed by atoms with van der Waals surface area (Å²) in [6, 6.07) is 1.37. The summed E-state index contributed by atoms with van der Waals surface area (Å²) >= 11 is 3.14. The van der Waals surface area contributed by atoms with Gasteiger partial charge in [-0.1, -0.05) is 0 Å². The van der Waals surface area contributed by atoms with Crippen molar-refractivity contribution in [3.8, 4) is 0 Å². The van der Waals surface area contributed by atoms with Crippen molar-refractivity contribution < 1.29 is 4.39 Å². The number of nitrogens with zero attached hydrogens (tertiary/aromatic N) is 2. The number of H-pyrrole nitrogens is 1. The van der Waals surface area contributed by atoms with Gasteiger partial charge in [0.05, 0.1) is 6.20 Å². The number of hydrogen-bond acceptors (Lipinski definition) is 3. The Balaban J connectivity index is 2.05. The van der Waals surface area contributed by atoms with Gasteiger partial charge in [-0.25, -0.2) is 9.37 Å². The Morgan fingerprint density at radius 1 is 1.47 bits per heavy atom. The third-order valence-corrected chi connectivity index (χ3v) is 2.26. The van der Waals surface area contributed by atoms with Crippen molar-refractivity contribution in [3.05, 3.63) is 40.5 Å². The molecule has 2 heterocycles. The maximum Gasteiger partial charge on any atom is 0.166 e. The lowest BCUT2D eigenvalue weighted by Gasteiger charge is -2.04.